The molecule has 0 atom stereocenters. The van der Waals surface area contributed by atoms with E-state index in [1.165, 1.54) is 5.01 Å². The normalized spacial score (nSPS) is 29.5. The van der Waals surface area contributed by atoms with Gasteiger partial charge in [-0.25, -0.2) is 4.98 Å². The van der Waals surface area contributed by atoms with E-state index in [0.717, 1.165) is 37.9 Å². The zero-order chi connectivity index (χ0) is 12.3. The van der Waals surface area contributed by atoms with Gasteiger partial charge in [-0.3, -0.25) is 0 Å². The second kappa shape index (κ2) is 5.46. The molecule has 1 aliphatic carbocycles. The summed E-state index contributed by atoms with van der Waals surface area (Å²) < 4.78 is 5.46. The SMILES string of the molecule is CCNC1(c2nc(C)cs2)CCC(OC)CC1. The van der Waals surface area contributed by atoms with Crippen LogP contribution in [-0.2, 0) is 10.3 Å². The largest absolute Gasteiger partial charge is 0.381 e. The van der Waals surface area contributed by atoms with Crippen molar-refractivity contribution in [2.75, 3.05) is 13.7 Å². The summed E-state index contributed by atoms with van der Waals surface area (Å²) in [6.45, 7) is 5.24. The standard InChI is InChI=1S/C13H22N2OS/c1-4-14-13(12-15-10(2)9-17-12)7-5-11(16-3)6-8-13/h9,11,14H,4-8H2,1-3H3. The first-order valence-corrected chi connectivity index (χ1v) is 7.28. The summed E-state index contributed by atoms with van der Waals surface area (Å²) in [5, 5.41) is 7.07. The summed E-state index contributed by atoms with van der Waals surface area (Å²) >= 11 is 1.79. The maximum absolute atomic E-state index is 5.46. The highest BCUT2D eigenvalue weighted by molar-refractivity contribution is 7.09. The Kier molecular flexibility index (Phi) is 4.17. The average molecular weight is 254 g/mol. The van der Waals surface area contributed by atoms with Crippen molar-refractivity contribution in [2.45, 2.75) is 51.2 Å². The number of hydrogen-bond acceptors (Lipinski definition) is 4. The van der Waals surface area contributed by atoms with Gasteiger partial charge in [0.25, 0.3) is 0 Å². The Hall–Kier alpha value is -0.450. The Bertz CT molecular complexity index is 356. The molecule has 0 spiro atoms. The number of rotatable bonds is 4. The fourth-order valence-corrected chi connectivity index (χ4v) is 3.73. The smallest absolute Gasteiger partial charge is 0.113 e. The number of nitrogens with one attached hydrogen (secondary N) is 1. The van der Waals surface area contributed by atoms with E-state index in [4.69, 9.17) is 9.72 Å². The Morgan fingerprint density at radius 1 is 1.53 bits per heavy atom. The van der Waals surface area contributed by atoms with Crippen molar-refractivity contribution in [1.29, 1.82) is 0 Å². The first kappa shape index (κ1) is 13.0. The van der Waals surface area contributed by atoms with Crippen LogP contribution in [-0.4, -0.2) is 24.7 Å². The lowest BCUT2D eigenvalue weighted by molar-refractivity contribution is 0.0407. The molecule has 1 aromatic heterocycles. The van der Waals surface area contributed by atoms with Gasteiger partial charge in [0.2, 0.25) is 0 Å². The zero-order valence-corrected chi connectivity index (χ0v) is 11.8. The predicted octanol–water partition coefficient (Wildman–Crippen LogP) is 2.85. The predicted molar refractivity (Wildman–Crippen MR) is 71.5 cm³/mol. The molecule has 0 aliphatic heterocycles. The topological polar surface area (TPSA) is 34.2 Å². The molecule has 3 nitrogen and oxygen atoms in total. The maximum Gasteiger partial charge on any atom is 0.113 e. The third-order valence-corrected chi connectivity index (χ3v) is 4.83. The molecule has 2 rings (SSSR count). The maximum atomic E-state index is 5.46. The minimum atomic E-state index is 0.0999. The van der Waals surface area contributed by atoms with Gasteiger partial charge < -0.3 is 10.1 Å². The van der Waals surface area contributed by atoms with Gasteiger partial charge in [-0.2, -0.15) is 0 Å². The fraction of sp³-hybridized carbons (Fsp3) is 0.769. The van der Waals surface area contributed by atoms with E-state index in [-0.39, 0.29) is 5.54 Å². The van der Waals surface area contributed by atoms with Crippen LogP contribution in [0, 0.1) is 6.92 Å². The molecule has 0 unspecified atom stereocenters. The molecule has 1 aromatic rings. The van der Waals surface area contributed by atoms with Crippen LogP contribution in [0.25, 0.3) is 0 Å². The van der Waals surface area contributed by atoms with E-state index in [9.17, 15) is 0 Å². The number of thiazole rings is 1. The van der Waals surface area contributed by atoms with Gasteiger partial charge in [-0.1, -0.05) is 6.92 Å². The molecule has 0 saturated heterocycles. The molecule has 17 heavy (non-hydrogen) atoms. The minimum absolute atomic E-state index is 0.0999. The number of aryl methyl sites for hydroxylation is 1. The first-order valence-electron chi connectivity index (χ1n) is 6.40. The average Bonchev–Trinajstić information content (AvgIpc) is 2.78. The van der Waals surface area contributed by atoms with E-state index in [0.29, 0.717) is 6.10 Å². The van der Waals surface area contributed by atoms with Gasteiger partial charge in [-0.15, -0.1) is 11.3 Å². The van der Waals surface area contributed by atoms with Gasteiger partial charge >= 0.3 is 0 Å². The van der Waals surface area contributed by atoms with Crippen molar-refractivity contribution in [3.63, 3.8) is 0 Å². The summed E-state index contributed by atoms with van der Waals surface area (Å²) in [6, 6.07) is 0. The summed E-state index contributed by atoms with van der Waals surface area (Å²) in [6.07, 6.45) is 4.95. The Balaban J connectivity index is 2.16. The second-order valence-electron chi connectivity index (χ2n) is 4.84. The van der Waals surface area contributed by atoms with Gasteiger partial charge in [-0.05, 0) is 39.2 Å². The minimum Gasteiger partial charge on any atom is -0.381 e. The molecule has 0 radical (unpaired) electrons. The van der Waals surface area contributed by atoms with Crippen molar-refractivity contribution in [3.8, 4) is 0 Å². The molecule has 1 saturated carbocycles. The molecule has 1 aliphatic rings. The van der Waals surface area contributed by atoms with Crippen molar-refractivity contribution >= 4 is 11.3 Å². The van der Waals surface area contributed by atoms with Crippen molar-refractivity contribution < 1.29 is 4.74 Å². The molecule has 4 heteroatoms. The summed E-state index contributed by atoms with van der Waals surface area (Å²) in [5.74, 6) is 0. The molecular weight excluding hydrogens is 232 g/mol. The van der Waals surface area contributed by atoms with Gasteiger partial charge in [0.15, 0.2) is 0 Å². The van der Waals surface area contributed by atoms with Crippen molar-refractivity contribution in [2.24, 2.45) is 0 Å². The number of hydrogen-bond donors (Lipinski definition) is 1. The molecule has 0 amide bonds. The van der Waals surface area contributed by atoms with Crippen LogP contribution in [0.4, 0.5) is 0 Å². The first-order chi connectivity index (χ1) is 8.20. The second-order valence-corrected chi connectivity index (χ2v) is 5.70. The fourth-order valence-electron chi connectivity index (χ4n) is 2.70. The quantitative estimate of drug-likeness (QED) is 0.897. The lowest BCUT2D eigenvalue weighted by Gasteiger charge is -2.39. The highest BCUT2D eigenvalue weighted by atomic mass is 32.1. The summed E-state index contributed by atoms with van der Waals surface area (Å²) in [4.78, 5) is 4.69. The zero-order valence-electron chi connectivity index (χ0n) is 11.0. The molecule has 0 aromatic carbocycles. The van der Waals surface area contributed by atoms with Crippen LogP contribution in [0.15, 0.2) is 5.38 Å². The lowest BCUT2D eigenvalue weighted by atomic mass is 9.80. The Morgan fingerprint density at radius 2 is 2.24 bits per heavy atom. The van der Waals surface area contributed by atoms with Crippen LogP contribution in [0.5, 0.6) is 0 Å². The molecule has 96 valence electrons. The Labute approximate surface area is 108 Å². The third kappa shape index (κ3) is 2.69. The van der Waals surface area contributed by atoms with E-state index in [1.54, 1.807) is 11.3 Å². The molecule has 1 fully saturated rings. The third-order valence-electron chi connectivity index (χ3n) is 3.66. The van der Waals surface area contributed by atoms with Gasteiger partial charge in [0.1, 0.15) is 5.01 Å². The van der Waals surface area contributed by atoms with Crippen molar-refractivity contribution in [3.05, 3.63) is 16.1 Å². The van der Waals surface area contributed by atoms with Gasteiger partial charge in [0, 0.05) is 18.2 Å². The highest BCUT2D eigenvalue weighted by Gasteiger charge is 2.38. The number of ether oxygens (including phenoxy) is 1. The van der Waals surface area contributed by atoms with E-state index in [1.807, 2.05) is 7.11 Å². The molecule has 0 bridgehead atoms. The van der Waals surface area contributed by atoms with E-state index in [2.05, 4.69) is 24.5 Å². The summed E-state index contributed by atoms with van der Waals surface area (Å²) in [7, 11) is 1.82. The monoisotopic (exact) mass is 254 g/mol. The van der Waals surface area contributed by atoms with E-state index < -0.39 is 0 Å². The van der Waals surface area contributed by atoms with Crippen LogP contribution in [0.3, 0.4) is 0 Å². The van der Waals surface area contributed by atoms with Crippen LogP contribution in [0.1, 0.15) is 43.3 Å². The summed E-state index contributed by atoms with van der Waals surface area (Å²) in [5.41, 5.74) is 1.24. The lowest BCUT2D eigenvalue weighted by Crippen LogP contribution is -2.46. The van der Waals surface area contributed by atoms with E-state index >= 15 is 0 Å². The van der Waals surface area contributed by atoms with Crippen LogP contribution < -0.4 is 5.32 Å². The van der Waals surface area contributed by atoms with Crippen molar-refractivity contribution in [1.82, 2.24) is 10.3 Å². The highest BCUT2D eigenvalue weighted by Crippen LogP contribution is 2.39. The van der Waals surface area contributed by atoms with Gasteiger partial charge in [0.05, 0.1) is 11.6 Å². The number of aromatic nitrogens is 1. The van der Waals surface area contributed by atoms with Crippen LogP contribution >= 0.6 is 11.3 Å². The number of nitrogens with zero attached hydrogens (tertiary/aromatic N) is 1. The molecule has 1 heterocycles. The Morgan fingerprint density at radius 3 is 2.71 bits per heavy atom. The van der Waals surface area contributed by atoms with Crippen LogP contribution in [0.2, 0.25) is 0 Å². The number of methoxy groups -OCH3 is 1. The molecular formula is C13H22N2OS. The molecule has 1 N–H and O–H groups in total.